The predicted molar refractivity (Wildman–Crippen MR) is 121 cm³/mol. The highest BCUT2D eigenvalue weighted by Gasteiger charge is 2.35. The molecule has 2 aromatic carbocycles. The molecule has 2 heterocycles. The fourth-order valence-electron chi connectivity index (χ4n) is 4.08. The van der Waals surface area contributed by atoms with E-state index in [1.807, 2.05) is 0 Å². The van der Waals surface area contributed by atoms with Gasteiger partial charge < -0.3 is 10.1 Å². The number of carbonyl (C=O) groups excluding carboxylic acids is 3. The van der Waals surface area contributed by atoms with E-state index in [9.17, 15) is 22.8 Å². The van der Waals surface area contributed by atoms with Crippen molar-refractivity contribution in [3.05, 3.63) is 53.6 Å². The van der Waals surface area contributed by atoms with E-state index >= 15 is 0 Å². The van der Waals surface area contributed by atoms with Crippen molar-refractivity contribution in [2.24, 2.45) is 0 Å². The van der Waals surface area contributed by atoms with Gasteiger partial charge in [0.2, 0.25) is 15.9 Å². The number of ether oxygens (including phenoxy) is 1. The highest BCUT2D eigenvalue weighted by atomic mass is 32.2. The summed E-state index contributed by atoms with van der Waals surface area (Å²) in [6, 6.07) is 10.9. The van der Waals surface area contributed by atoms with Crippen LogP contribution in [0.25, 0.3) is 0 Å². The summed E-state index contributed by atoms with van der Waals surface area (Å²) in [7, 11) is -2.38. The number of amides is 3. The molecular formula is C23H25N3O6S. The van der Waals surface area contributed by atoms with Crippen LogP contribution in [0.4, 0.5) is 5.69 Å². The number of rotatable bonds is 7. The van der Waals surface area contributed by atoms with E-state index in [2.05, 4.69) is 5.32 Å². The molecule has 1 fully saturated rings. The molecule has 0 saturated carbocycles. The Labute approximate surface area is 192 Å². The van der Waals surface area contributed by atoms with E-state index in [-0.39, 0.29) is 23.6 Å². The average Bonchev–Trinajstić information content (AvgIpc) is 3.08. The standard InChI is InChI=1S/C23H25N3O6S/c1-32-19-10-9-16(15-20(19)33(30,31)25-12-5-2-6-13-25)24-21(27)11-14-26-22(28)17-7-3-4-8-18(17)23(26)29/h3-4,7-10,15H,2,5-6,11-14H2,1H3,(H,24,27). The normalized spacial score (nSPS) is 16.6. The number of hydrogen-bond donors (Lipinski definition) is 1. The lowest BCUT2D eigenvalue weighted by Gasteiger charge is -2.26. The van der Waals surface area contributed by atoms with Gasteiger partial charge in [0.15, 0.2) is 0 Å². The summed E-state index contributed by atoms with van der Waals surface area (Å²) < 4.78 is 33.0. The van der Waals surface area contributed by atoms with E-state index in [1.165, 1.54) is 23.5 Å². The number of anilines is 1. The molecule has 0 spiro atoms. The number of carbonyl (C=O) groups is 3. The lowest BCUT2D eigenvalue weighted by Crippen LogP contribution is -2.35. The lowest BCUT2D eigenvalue weighted by atomic mass is 10.1. The number of imide groups is 1. The van der Waals surface area contributed by atoms with Crippen LogP contribution in [0.3, 0.4) is 0 Å². The maximum atomic E-state index is 13.1. The number of methoxy groups -OCH3 is 1. The molecule has 10 heteroatoms. The molecule has 0 unspecified atom stereocenters. The Bertz CT molecular complexity index is 1170. The van der Waals surface area contributed by atoms with Crippen molar-refractivity contribution in [2.45, 2.75) is 30.6 Å². The number of hydrogen-bond acceptors (Lipinski definition) is 6. The van der Waals surface area contributed by atoms with Crippen LogP contribution in [0.1, 0.15) is 46.4 Å². The second-order valence-electron chi connectivity index (χ2n) is 7.94. The van der Waals surface area contributed by atoms with E-state index in [4.69, 9.17) is 4.74 Å². The van der Waals surface area contributed by atoms with Gasteiger partial charge >= 0.3 is 0 Å². The molecule has 0 aromatic heterocycles. The van der Waals surface area contributed by atoms with Crippen LogP contribution >= 0.6 is 0 Å². The van der Waals surface area contributed by atoms with Crippen LogP contribution < -0.4 is 10.1 Å². The summed E-state index contributed by atoms with van der Waals surface area (Å²) in [6.07, 6.45) is 2.48. The third kappa shape index (κ3) is 4.49. The Morgan fingerprint density at radius 3 is 2.24 bits per heavy atom. The zero-order chi connectivity index (χ0) is 23.6. The van der Waals surface area contributed by atoms with Crippen molar-refractivity contribution in [3.8, 4) is 5.75 Å². The van der Waals surface area contributed by atoms with Crippen LogP contribution in [0.5, 0.6) is 5.75 Å². The van der Waals surface area contributed by atoms with Gasteiger partial charge in [-0.05, 0) is 43.2 Å². The molecule has 4 rings (SSSR count). The maximum absolute atomic E-state index is 13.1. The zero-order valence-corrected chi connectivity index (χ0v) is 19.1. The molecule has 174 valence electrons. The Kier molecular flexibility index (Phi) is 6.48. The molecule has 3 amide bonds. The molecule has 0 radical (unpaired) electrons. The predicted octanol–water partition coefficient (Wildman–Crippen LogP) is 2.49. The zero-order valence-electron chi connectivity index (χ0n) is 18.2. The molecule has 2 aliphatic rings. The molecule has 2 aromatic rings. The Morgan fingerprint density at radius 1 is 1.00 bits per heavy atom. The summed E-state index contributed by atoms with van der Waals surface area (Å²) in [6.45, 7) is 0.817. The number of sulfonamides is 1. The molecule has 0 aliphatic carbocycles. The first-order valence-corrected chi connectivity index (χ1v) is 12.2. The van der Waals surface area contributed by atoms with Gasteiger partial charge in [-0.3, -0.25) is 19.3 Å². The Balaban J connectivity index is 1.45. The van der Waals surface area contributed by atoms with Gasteiger partial charge in [-0.2, -0.15) is 4.31 Å². The van der Waals surface area contributed by atoms with Crippen molar-refractivity contribution in [1.29, 1.82) is 0 Å². The Hall–Kier alpha value is -3.24. The summed E-state index contributed by atoms with van der Waals surface area (Å²) in [5, 5.41) is 2.66. The maximum Gasteiger partial charge on any atom is 0.261 e. The lowest BCUT2D eigenvalue weighted by molar-refractivity contribution is -0.116. The summed E-state index contributed by atoms with van der Waals surface area (Å²) in [5.41, 5.74) is 0.940. The van der Waals surface area contributed by atoms with Crippen molar-refractivity contribution in [3.63, 3.8) is 0 Å². The van der Waals surface area contributed by atoms with E-state index in [0.717, 1.165) is 24.2 Å². The first-order chi connectivity index (χ1) is 15.8. The highest BCUT2D eigenvalue weighted by molar-refractivity contribution is 7.89. The van der Waals surface area contributed by atoms with Gasteiger partial charge in [-0.15, -0.1) is 0 Å². The average molecular weight is 472 g/mol. The van der Waals surface area contributed by atoms with E-state index in [0.29, 0.717) is 29.9 Å². The summed E-state index contributed by atoms with van der Waals surface area (Å²) >= 11 is 0. The highest BCUT2D eigenvalue weighted by Crippen LogP contribution is 2.31. The Morgan fingerprint density at radius 2 is 1.64 bits per heavy atom. The third-order valence-electron chi connectivity index (χ3n) is 5.82. The smallest absolute Gasteiger partial charge is 0.261 e. The summed E-state index contributed by atoms with van der Waals surface area (Å²) in [4.78, 5) is 38.4. The fourth-order valence-corrected chi connectivity index (χ4v) is 5.78. The van der Waals surface area contributed by atoms with Crippen LogP contribution in [0.2, 0.25) is 0 Å². The molecule has 2 aliphatic heterocycles. The SMILES string of the molecule is COc1ccc(NC(=O)CCN2C(=O)c3ccccc3C2=O)cc1S(=O)(=O)N1CCCCC1. The first kappa shape index (κ1) is 22.9. The van der Waals surface area contributed by atoms with Gasteiger partial charge in [0, 0.05) is 31.7 Å². The number of nitrogens with zero attached hydrogens (tertiary/aromatic N) is 2. The van der Waals surface area contributed by atoms with Crippen LogP contribution in [-0.2, 0) is 14.8 Å². The van der Waals surface area contributed by atoms with Crippen LogP contribution in [0, 0.1) is 0 Å². The minimum atomic E-state index is -3.77. The second-order valence-corrected chi connectivity index (χ2v) is 9.84. The number of benzene rings is 2. The molecule has 1 saturated heterocycles. The second kappa shape index (κ2) is 9.32. The molecule has 9 nitrogen and oxygen atoms in total. The quantitative estimate of drug-likeness (QED) is 0.621. The minimum absolute atomic E-state index is 0.00921. The number of nitrogens with one attached hydrogen (secondary N) is 1. The van der Waals surface area contributed by atoms with Crippen molar-refractivity contribution in [2.75, 3.05) is 32.1 Å². The molecule has 33 heavy (non-hydrogen) atoms. The summed E-state index contributed by atoms with van der Waals surface area (Å²) in [5.74, 6) is -1.10. The molecule has 0 atom stereocenters. The van der Waals surface area contributed by atoms with Crippen molar-refractivity contribution >= 4 is 33.4 Å². The van der Waals surface area contributed by atoms with Gasteiger partial charge in [-0.25, -0.2) is 8.42 Å². The van der Waals surface area contributed by atoms with Gasteiger partial charge in [0.25, 0.3) is 11.8 Å². The first-order valence-electron chi connectivity index (χ1n) is 10.8. The minimum Gasteiger partial charge on any atom is -0.495 e. The van der Waals surface area contributed by atoms with E-state index < -0.39 is 27.7 Å². The van der Waals surface area contributed by atoms with Crippen LogP contribution in [-0.4, -0.2) is 62.1 Å². The van der Waals surface area contributed by atoms with Crippen molar-refractivity contribution in [1.82, 2.24) is 9.21 Å². The largest absolute Gasteiger partial charge is 0.495 e. The van der Waals surface area contributed by atoms with Gasteiger partial charge in [-0.1, -0.05) is 18.6 Å². The number of fused-ring (bicyclic) bond motifs is 1. The molecule has 0 bridgehead atoms. The molecular weight excluding hydrogens is 446 g/mol. The molecule has 1 N–H and O–H groups in total. The number of piperidine rings is 1. The van der Waals surface area contributed by atoms with Crippen LogP contribution in [0.15, 0.2) is 47.4 Å². The topological polar surface area (TPSA) is 113 Å². The monoisotopic (exact) mass is 471 g/mol. The van der Waals surface area contributed by atoms with E-state index in [1.54, 1.807) is 30.3 Å². The third-order valence-corrected chi connectivity index (χ3v) is 7.74. The van der Waals surface area contributed by atoms with Gasteiger partial charge in [0.05, 0.1) is 18.2 Å². The van der Waals surface area contributed by atoms with Crippen molar-refractivity contribution < 1.29 is 27.5 Å². The van der Waals surface area contributed by atoms with Gasteiger partial charge in [0.1, 0.15) is 10.6 Å². The fraction of sp³-hybridized carbons (Fsp3) is 0.348.